The molecule has 1 aliphatic carbocycles. The van der Waals surface area contributed by atoms with Crippen molar-refractivity contribution in [3.63, 3.8) is 0 Å². The van der Waals surface area contributed by atoms with E-state index in [2.05, 4.69) is 19.6 Å². The van der Waals surface area contributed by atoms with Crippen LogP contribution in [0.1, 0.15) is 63.0 Å². The molecule has 0 bridgehead atoms. The lowest BCUT2D eigenvalue weighted by Crippen LogP contribution is -2.05. The summed E-state index contributed by atoms with van der Waals surface area (Å²) in [6, 6.07) is 15.6. The summed E-state index contributed by atoms with van der Waals surface area (Å²) in [7, 11) is 0. The molecule has 0 nitrogen and oxygen atoms in total. The minimum atomic E-state index is -0.841. The van der Waals surface area contributed by atoms with Crippen LogP contribution in [-0.2, 0) is 6.42 Å². The summed E-state index contributed by atoms with van der Waals surface area (Å²) < 4.78 is 44.4. The summed E-state index contributed by atoms with van der Waals surface area (Å²) in [6.45, 7) is 5.88. The van der Waals surface area contributed by atoms with E-state index in [9.17, 15) is 8.78 Å². The van der Waals surface area contributed by atoms with Gasteiger partial charge in [0.05, 0.1) is 0 Å². The first kappa shape index (κ1) is 25.0. The summed E-state index contributed by atoms with van der Waals surface area (Å²) in [5.41, 5.74) is 4.54. The first-order valence-corrected chi connectivity index (χ1v) is 12.7. The van der Waals surface area contributed by atoms with Gasteiger partial charge in [-0.05, 0) is 78.3 Å². The number of allylic oxidation sites excluding steroid dienone is 3. The van der Waals surface area contributed by atoms with Crippen LogP contribution in [0.2, 0.25) is 0 Å². The van der Waals surface area contributed by atoms with E-state index in [4.69, 9.17) is 0 Å². The van der Waals surface area contributed by atoms with Gasteiger partial charge in [-0.25, -0.2) is 13.2 Å². The second-order valence-corrected chi connectivity index (χ2v) is 9.51. The van der Waals surface area contributed by atoms with Crippen LogP contribution in [-0.4, -0.2) is 0 Å². The lowest BCUT2D eigenvalue weighted by Gasteiger charge is -2.22. The zero-order chi connectivity index (χ0) is 24.8. The first-order chi connectivity index (χ1) is 17.0. The van der Waals surface area contributed by atoms with Crippen molar-refractivity contribution in [2.24, 2.45) is 5.92 Å². The maximum atomic E-state index is 15.1. The van der Waals surface area contributed by atoms with Gasteiger partial charge in [0.15, 0.2) is 11.6 Å². The zero-order valence-electron chi connectivity index (χ0n) is 20.4. The molecule has 0 saturated carbocycles. The van der Waals surface area contributed by atoms with Gasteiger partial charge < -0.3 is 0 Å². The van der Waals surface area contributed by atoms with E-state index < -0.39 is 11.6 Å². The zero-order valence-corrected chi connectivity index (χ0v) is 20.4. The summed E-state index contributed by atoms with van der Waals surface area (Å²) >= 11 is 0. The van der Waals surface area contributed by atoms with Crippen molar-refractivity contribution >= 4 is 5.57 Å². The van der Waals surface area contributed by atoms with Gasteiger partial charge in [-0.1, -0.05) is 80.4 Å². The SMILES string of the molecule is C=CCCCc1ccc(-c2ccc(-c3ccc(C4=CCC(CCC)CC4)cc3F)cc2)c(F)c1F. The first-order valence-electron chi connectivity index (χ1n) is 12.7. The van der Waals surface area contributed by atoms with E-state index >= 15 is 4.39 Å². The number of aryl methyl sites for hydroxylation is 1. The monoisotopic (exact) mass is 474 g/mol. The predicted molar refractivity (Wildman–Crippen MR) is 141 cm³/mol. The van der Waals surface area contributed by atoms with E-state index in [1.165, 1.54) is 18.4 Å². The van der Waals surface area contributed by atoms with Crippen molar-refractivity contribution in [1.82, 2.24) is 0 Å². The van der Waals surface area contributed by atoms with E-state index in [1.807, 2.05) is 12.1 Å². The molecule has 1 unspecified atom stereocenters. The molecule has 0 spiro atoms. The van der Waals surface area contributed by atoms with E-state index in [0.717, 1.165) is 43.6 Å². The van der Waals surface area contributed by atoms with E-state index in [1.54, 1.807) is 48.5 Å². The molecule has 0 aliphatic heterocycles. The van der Waals surface area contributed by atoms with Gasteiger partial charge in [-0.15, -0.1) is 6.58 Å². The van der Waals surface area contributed by atoms with Crippen molar-refractivity contribution in [3.05, 3.63) is 102 Å². The molecule has 0 N–H and O–H groups in total. The van der Waals surface area contributed by atoms with Crippen LogP contribution in [0.15, 0.2) is 73.3 Å². The Kier molecular flexibility index (Phi) is 8.28. The molecule has 0 saturated heterocycles. The highest BCUT2D eigenvalue weighted by molar-refractivity contribution is 5.74. The average molecular weight is 475 g/mol. The fourth-order valence-electron chi connectivity index (χ4n) is 5.04. The topological polar surface area (TPSA) is 0 Å². The van der Waals surface area contributed by atoms with Gasteiger partial charge in [0, 0.05) is 11.1 Å². The molecule has 182 valence electrons. The molecule has 0 radical (unpaired) electrons. The number of benzene rings is 3. The average Bonchev–Trinajstić information content (AvgIpc) is 2.88. The Morgan fingerprint density at radius 3 is 2.20 bits per heavy atom. The normalized spacial score (nSPS) is 15.7. The van der Waals surface area contributed by atoms with Crippen molar-refractivity contribution in [2.45, 2.75) is 58.3 Å². The summed E-state index contributed by atoms with van der Waals surface area (Å²) in [6.07, 6.45) is 11.7. The van der Waals surface area contributed by atoms with Gasteiger partial charge in [0.25, 0.3) is 0 Å². The molecule has 0 aromatic heterocycles. The lowest BCUT2D eigenvalue weighted by atomic mass is 9.84. The van der Waals surface area contributed by atoms with Gasteiger partial charge in [-0.2, -0.15) is 0 Å². The minimum Gasteiger partial charge on any atom is -0.206 e. The molecule has 4 rings (SSSR count). The molecule has 0 fully saturated rings. The van der Waals surface area contributed by atoms with Crippen LogP contribution < -0.4 is 0 Å². The maximum absolute atomic E-state index is 15.1. The second-order valence-electron chi connectivity index (χ2n) is 9.51. The molecule has 3 heteroatoms. The number of rotatable bonds is 9. The Hall–Kier alpha value is -3.07. The Morgan fingerprint density at radius 1 is 0.886 bits per heavy atom. The second kappa shape index (κ2) is 11.6. The third kappa shape index (κ3) is 5.78. The van der Waals surface area contributed by atoms with Crippen molar-refractivity contribution in [2.75, 3.05) is 0 Å². The van der Waals surface area contributed by atoms with Crippen LogP contribution in [0.4, 0.5) is 13.2 Å². The Labute approximate surface area is 207 Å². The smallest absolute Gasteiger partial charge is 0.166 e. The number of hydrogen-bond donors (Lipinski definition) is 0. The van der Waals surface area contributed by atoms with E-state index in [0.29, 0.717) is 28.7 Å². The van der Waals surface area contributed by atoms with Crippen molar-refractivity contribution in [3.8, 4) is 22.3 Å². The molecule has 1 atom stereocenters. The molecule has 0 heterocycles. The third-order valence-electron chi connectivity index (χ3n) is 7.08. The van der Waals surface area contributed by atoms with Gasteiger partial charge in [0.1, 0.15) is 5.82 Å². The quantitative estimate of drug-likeness (QED) is 0.214. The minimum absolute atomic E-state index is 0.211. The molecule has 3 aromatic carbocycles. The Morgan fingerprint density at radius 2 is 1.57 bits per heavy atom. The molecular formula is C32H33F3. The lowest BCUT2D eigenvalue weighted by molar-refractivity contribution is 0.445. The molecular weight excluding hydrogens is 441 g/mol. The summed E-state index contributed by atoms with van der Waals surface area (Å²) in [5.74, 6) is -1.16. The number of unbranched alkanes of at least 4 members (excludes halogenated alkanes) is 1. The Bertz CT molecular complexity index is 1200. The van der Waals surface area contributed by atoms with Gasteiger partial charge in [0.2, 0.25) is 0 Å². The van der Waals surface area contributed by atoms with Crippen LogP contribution in [0.25, 0.3) is 27.8 Å². The van der Waals surface area contributed by atoms with Crippen LogP contribution >= 0.6 is 0 Å². The Balaban J connectivity index is 1.51. The summed E-state index contributed by atoms with van der Waals surface area (Å²) in [4.78, 5) is 0. The maximum Gasteiger partial charge on any atom is 0.166 e. The fourth-order valence-corrected chi connectivity index (χ4v) is 5.04. The molecule has 3 aromatic rings. The third-order valence-corrected chi connectivity index (χ3v) is 7.08. The number of hydrogen-bond acceptors (Lipinski definition) is 0. The molecule has 0 amide bonds. The van der Waals surface area contributed by atoms with Crippen molar-refractivity contribution in [1.29, 1.82) is 0 Å². The molecule has 35 heavy (non-hydrogen) atoms. The molecule has 1 aliphatic rings. The fraction of sp³-hybridized carbons (Fsp3) is 0.312. The standard InChI is InChI=1S/C32H33F3/c1-3-5-6-8-26-17-20-29(32(35)31(26)34)25-15-13-24(14-16-25)28-19-18-27(21-30(28)33)23-11-9-22(7-4-2)10-12-23/h3,11,13-22H,1,4-10,12H2,2H3. The number of halogens is 3. The van der Waals surface area contributed by atoms with E-state index in [-0.39, 0.29) is 11.4 Å². The highest BCUT2D eigenvalue weighted by atomic mass is 19.2. The van der Waals surface area contributed by atoms with Crippen LogP contribution in [0.5, 0.6) is 0 Å². The van der Waals surface area contributed by atoms with Crippen LogP contribution in [0.3, 0.4) is 0 Å². The van der Waals surface area contributed by atoms with Gasteiger partial charge >= 0.3 is 0 Å². The largest absolute Gasteiger partial charge is 0.206 e. The van der Waals surface area contributed by atoms with Gasteiger partial charge in [-0.3, -0.25) is 0 Å². The van der Waals surface area contributed by atoms with Crippen LogP contribution in [0, 0.1) is 23.4 Å². The summed E-state index contributed by atoms with van der Waals surface area (Å²) in [5, 5.41) is 0. The predicted octanol–water partition coefficient (Wildman–Crippen LogP) is 9.93. The van der Waals surface area contributed by atoms with Crippen molar-refractivity contribution < 1.29 is 13.2 Å². The highest BCUT2D eigenvalue weighted by Gasteiger charge is 2.17. The highest BCUT2D eigenvalue weighted by Crippen LogP contribution is 2.35.